The van der Waals surface area contributed by atoms with Crippen LogP contribution in [0.5, 0.6) is 0 Å². The number of rotatable bonds is 4. The normalized spacial score (nSPS) is 19.8. The van der Waals surface area contributed by atoms with E-state index in [4.69, 9.17) is 0 Å². The average molecular weight is 393 g/mol. The first-order valence-corrected chi connectivity index (χ1v) is 9.15. The van der Waals surface area contributed by atoms with E-state index < -0.39 is 35.9 Å². The van der Waals surface area contributed by atoms with Gasteiger partial charge in [-0.1, -0.05) is 24.3 Å². The maximum Gasteiger partial charge on any atom is 0.337 e. The van der Waals surface area contributed by atoms with Gasteiger partial charge in [0.2, 0.25) is 5.91 Å². The summed E-state index contributed by atoms with van der Waals surface area (Å²) in [5, 5.41) is 5.41. The standard InChI is InChI=1S/C21H19N3O5/c1-29-18(26)14-6-8-15(9-7-14)22-17(25)12-24-19(27)21(23-20(24)28)11-10-13-4-2-3-5-16(13)21/h2-9H,10-12H2,1H3,(H,22,25)(H,23,28)/t21-/m1/s1. The van der Waals surface area contributed by atoms with Gasteiger partial charge in [0.05, 0.1) is 12.7 Å². The molecule has 1 saturated heterocycles. The van der Waals surface area contributed by atoms with Crippen LogP contribution in [0.1, 0.15) is 27.9 Å². The summed E-state index contributed by atoms with van der Waals surface area (Å²) in [6.45, 7) is -0.395. The Balaban J connectivity index is 1.46. The zero-order valence-electron chi connectivity index (χ0n) is 15.7. The van der Waals surface area contributed by atoms with Crippen LogP contribution >= 0.6 is 0 Å². The number of nitrogens with one attached hydrogen (secondary N) is 2. The van der Waals surface area contributed by atoms with Crippen LogP contribution in [0, 0.1) is 0 Å². The van der Waals surface area contributed by atoms with Crippen LogP contribution in [-0.2, 0) is 26.3 Å². The number of nitrogens with zero attached hydrogens (tertiary/aromatic N) is 1. The van der Waals surface area contributed by atoms with Gasteiger partial charge in [-0.15, -0.1) is 0 Å². The van der Waals surface area contributed by atoms with Gasteiger partial charge in [-0.05, 0) is 48.2 Å². The lowest BCUT2D eigenvalue weighted by Gasteiger charge is -2.22. The second-order valence-corrected chi connectivity index (χ2v) is 7.00. The van der Waals surface area contributed by atoms with Crippen LogP contribution in [0.3, 0.4) is 0 Å². The zero-order valence-corrected chi connectivity index (χ0v) is 15.7. The molecule has 4 amide bonds. The van der Waals surface area contributed by atoms with E-state index in [1.165, 1.54) is 19.2 Å². The van der Waals surface area contributed by atoms with E-state index in [1.807, 2.05) is 24.3 Å². The monoisotopic (exact) mass is 393 g/mol. The van der Waals surface area contributed by atoms with Crippen molar-refractivity contribution >= 4 is 29.5 Å². The number of amides is 4. The average Bonchev–Trinajstić information content (AvgIpc) is 3.21. The summed E-state index contributed by atoms with van der Waals surface area (Å²) in [6.07, 6.45) is 1.17. The van der Waals surface area contributed by atoms with Crippen molar-refractivity contribution < 1.29 is 23.9 Å². The molecule has 1 aliphatic carbocycles. The van der Waals surface area contributed by atoms with E-state index in [0.717, 1.165) is 16.0 Å². The van der Waals surface area contributed by atoms with Crippen LogP contribution in [-0.4, -0.2) is 42.4 Å². The molecule has 1 heterocycles. The van der Waals surface area contributed by atoms with E-state index >= 15 is 0 Å². The lowest BCUT2D eigenvalue weighted by Crippen LogP contribution is -2.42. The van der Waals surface area contributed by atoms with E-state index in [1.54, 1.807) is 12.1 Å². The number of aryl methyl sites for hydroxylation is 1. The maximum absolute atomic E-state index is 13.1. The highest BCUT2D eigenvalue weighted by atomic mass is 16.5. The van der Waals surface area contributed by atoms with Gasteiger partial charge >= 0.3 is 12.0 Å². The molecule has 0 unspecified atom stereocenters. The van der Waals surface area contributed by atoms with E-state index in [9.17, 15) is 19.2 Å². The number of fused-ring (bicyclic) bond motifs is 2. The molecule has 2 N–H and O–H groups in total. The van der Waals surface area contributed by atoms with Gasteiger partial charge in [-0.2, -0.15) is 0 Å². The Morgan fingerprint density at radius 1 is 1.14 bits per heavy atom. The first-order chi connectivity index (χ1) is 13.9. The fraction of sp³-hybridized carbons (Fsp3) is 0.238. The summed E-state index contributed by atoms with van der Waals surface area (Å²) >= 11 is 0. The van der Waals surface area contributed by atoms with Gasteiger partial charge < -0.3 is 15.4 Å². The van der Waals surface area contributed by atoms with E-state index in [-0.39, 0.29) is 0 Å². The highest BCUT2D eigenvalue weighted by Crippen LogP contribution is 2.41. The molecule has 0 saturated carbocycles. The van der Waals surface area contributed by atoms with Crippen molar-refractivity contribution in [2.45, 2.75) is 18.4 Å². The minimum Gasteiger partial charge on any atom is -0.465 e. The van der Waals surface area contributed by atoms with E-state index in [0.29, 0.717) is 24.1 Å². The van der Waals surface area contributed by atoms with Crippen LogP contribution < -0.4 is 10.6 Å². The molecule has 8 heteroatoms. The van der Waals surface area contributed by atoms with Gasteiger partial charge in [-0.3, -0.25) is 14.5 Å². The SMILES string of the molecule is COC(=O)c1ccc(NC(=O)CN2C(=O)N[C@@]3(CCc4ccccc43)C2=O)cc1. The Hall–Kier alpha value is -3.68. The smallest absolute Gasteiger partial charge is 0.337 e. The Kier molecular flexibility index (Phi) is 4.54. The first-order valence-electron chi connectivity index (χ1n) is 9.15. The van der Waals surface area contributed by atoms with Crippen molar-refractivity contribution in [3.63, 3.8) is 0 Å². The topological polar surface area (TPSA) is 105 Å². The Labute approximate surface area is 166 Å². The molecule has 8 nitrogen and oxygen atoms in total. The molecule has 0 radical (unpaired) electrons. The number of hydrogen-bond donors (Lipinski definition) is 2. The number of urea groups is 1. The lowest BCUT2D eigenvalue weighted by atomic mass is 9.92. The molecule has 1 aliphatic heterocycles. The van der Waals surface area contributed by atoms with Crippen LogP contribution in [0.2, 0.25) is 0 Å². The highest BCUT2D eigenvalue weighted by Gasteiger charge is 2.55. The molecule has 2 aromatic carbocycles. The van der Waals surface area contributed by atoms with Crippen molar-refractivity contribution in [3.8, 4) is 0 Å². The largest absolute Gasteiger partial charge is 0.465 e. The third-order valence-corrected chi connectivity index (χ3v) is 5.31. The van der Waals surface area contributed by atoms with Crippen LogP contribution in [0.25, 0.3) is 0 Å². The third kappa shape index (κ3) is 3.12. The summed E-state index contributed by atoms with van der Waals surface area (Å²) in [4.78, 5) is 50.3. The number of esters is 1. The van der Waals surface area contributed by atoms with Crippen molar-refractivity contribution in [1.29, 1.82) is 0 Å². The quantitative estimate of drug-likeness (QED) is 0.609. The number of anilines is 1. The zero-order chi connectivity index (χ0) is 20.6. The van der Waals surface area contributed by atoms with Gasteiger partial charge in [0.25, 0.3) is 5.91 Å². The van der Waals surface area contributed by atoms with Gasteiger partial charge in [0.15, 0.2) is 0 Å². The molecule has 29 heavy (non-hydrogen) atoms. The van der Waals surface area contributed by atoms with Crippen LogP contribution in [0.4, 0.5) is 10.5 Å². The van der Waals surface area contributed by atoms with E-state index in [2.05, 4.69) is 15.4 Å². The second-order valence-electron chi connectivity index (χ2n) is 7.00. The summed E-state index contributed by atoms with van der Waals surface area (Å²) in [6, 6.07) is 13.1. The van der Waals surface area contributed by atoms with Crippen molar-refractivity contribution in [2.24, 2.45) is 0 Å². The number of hydrogen-bond acceptors (Lipinski definition) is 5. The molecule has 1 spiro atoms. The number of carbonyl (C=O) groups is 4. The van der Waals surface area contributed by atoms with Crippen molar-refractivity contribution in [2.75, 3.05) is 19.0 Å². The molecule has 2 aliphatic rings. The fourth-order valence-electron chi connectivity index (χ4n) is 3.88. The maximum atomic E-state index is 13.1. The molecular weight excluding hydrogens is 374 g/mol. The number of carbonyl (C=O) groups excluding carboxylic acids is 4. The minimum absolute atomic E-state index is 0.349. The predicted molar refractivity (Wildman–Crippen MR) is 103 cm³/mol. The lowest BCUT2D eigenvalue weighted by molar-refractivity contribution is -0.134. The number of methoxy groups -OCH3 is 1. The second kappa shape index (κ2) is 7.05. The summed E-state index contributed by atoms with van der Waals surface area (Å²) in [5.41, 5.74) is 1.52. The molecule has 2 aromatic rings. The third-order valence-electron chi connectivity index (χ3n) is 5.31. The molecule has 1 fully saturated rings. The Morgan fingerprint density at radius 2 is 1.86 bits per heavy atom. The van der Waals surface area contributed by atoms with Gasteiger partial charge in [-0.25, -0.2) is 9.59 Å². The highest BCUT2D eigenvalue weighted by molar-refractivity contribution is 6.11. The van der Waals surface area contributed by atoms with Gasteiger partial charge in [0.1, 0.15) is 12.1 Å². The summed E-state index contributed by atoms with van der Waals surface area (Å²) in [5.74, 6) is -1.41. The minimum atomic E-state index is -1.09. The van der Waals surface area contributed by atoms with Gasteiger partial charge in [0, 0.05) is 5.69 Å². The van der Waals surface area contributed by atoms with Crippen molar-refractivity contribution in [1.82, 2.24) is 10.2 Å². The Bertz CT molecular complexity index is 1020. The molecule has 0 aromatic heterocycles. The molecular formula is C21H19N3O5. The van der Waals surface area contributed by atoms with Crippen LogP contribution in [0.15, 0.2) is 48.5 Å². The molecule has 4 rings (SSSR count). The molecule has 148 valence electrons. The number of ether oxygens (including phenoxy) is 1. The summed E-state index contributed by atoms with van der Waals surface area (Å²) < 4.78 is 4.63. The summed E-state index contributed by atoms with van der Waals surface area (Å²) in [7, 11) is 1.28. The number of benzene rings is 2. The predicted octanol–water partition coefficient (Wildman–Crippen LogP) is 1.81. The molecule has 1 atom stereocenters. The molecule has 0 bridgehead atoms. The first kappa shape index (κ1) is 18.7. The number of imide groups is 1. The van der Waals surface area contributed by atoms with Crippen molar-refractivity contribution in [3.05, 3.63) is 65.2 Å². The Morgan fingerprint density at radius 3 is 2.59 bits per heavy atom. The fourth-order valence-corrected chi connectivity index (χ4v) is 3.88.